The molecule has 2 N–H and O–H groups in total. The molecule has 1 aliphatic heterocycles. The van der Waals surface area contributed by atoms with Gasteiger partial charge in [-0.05, 0) is 37.6 Å². The molecule has 3 rings (SSSR count). The average molecular weight is 369 g/mol. The number of carbonyl (C=O) groups excluding carboxylic acids is 1. The van der Waals surface area contributed by atoms with Gasteiger partial charge in [-0.2, -0.15) is 0 Å². The topological polar surface area (TPSA) is 94.1 Å². The van der Waals surface area contributed by atoms with E-state index in [4.69, 9.17) is 4.74 Å². The maximum atomic E-state index is 12.7. The molecule has 0 bridgehead atoms. The zero-order valence-corrected chi connectivity index (χ0v) is 15.2. The Morgan fingerprint density at radius 2 is 1.96 bits per heavy atom. The maximum absolute atomic E-state index is 12.7. The van der Waals surface area contributed by atoms with Crippen molar-refractivity contribution >= 4 is 17.5 Å². The summed E-state index contributed by atoms with van der Waals surface area (Å²) in [6.45, 7) is 6.41. The van der Waals surface area contributed by atoms with E-state index in [0.29, 0.717) is 29.0 Å². The fraction of sp³-hybridized carbons (Fsp3) is 0.250. The van der Waals surface area contributed by atoms with Crippen molar-refractivity contribution in [3.05, 3.63) is 69.0 Å². The van der Waals surface area contributed by atoms with Gasteiger partial charge in [0, 0.05) is 12.1 Å². The summed E-state index contributed by atoms with van der Waals surface area (Å²) in [5.41, 5.74) is 1.43. The number of nitrogens with zero attached hydrogens (tertiary/aromatic N) is 1. The first kappa shape index (κ1) is 18.6. The van der Waals surface area contributed by atoms with Crippen molar-refractivity contribution in [3.63, 3.8) is 0 Å². The van der Waals surface area contributed by atoms with Crippen molar-refractivity contribution in [3.8, 4) is 11.5 Å². The van der Waals surface area contributed by atoms with E-state index in [1.807, 2.05) is 0 Å². The Labute approximate surface area is 156 Å². The van der Waals surface area contributed by atoms with E-state index >= 15 is 0 Å². The molecule has 0 saturated carbocycles. The molecule has 2 aromatic rings. The standard InChI is InChI=1S/C20H20N2O5/c1-3-21(4-2)12-16-17(23)9-8-15-19(24)18(27-20(15)16)11-13-6-5-7-14(10-13)22(25)26/h5-11,23H,3-4,12H2,1-2H3/p+1/b18-11+. The van der Waals surface area contributed by atoms with Crippen LogP contribution in [0.5, 0.6) is 11.5 Å². The Hall–Kier alpha value is -3.19. The Morgan fingerprint density at radius 1 is 1.22 bits per heavy atom. The Morgan fingerprint density at radius 3 is 2.63 bits per heavy atom. The summed E-state index contributed by atoms with van der Waals surface area (Å²) in [5, 5.41) is 21.2. The number of allylic oxidation sites excluding steroid dienone is 1. The normalized spacial score (nSPS) is 14.5. The lowest BCUT2D eigenvalue weighted by atomic mass is 10.0. The highest BCUT2D eigenvalue weighted by Crippen LogP contribution is 2.39. The molecule has 2 aromatic carbocycles. The first-order valence-corrected chi connectivity index (χ1v) is 8.81. The van der Waals surface area contributed by atoms with Crippen molar-refractivity contribution in [1.82, 2.24) is 0 Å². The second-order valence-corrected chi connectivity index (χ2v) is 6.37. The molecular formula is C20H21N2O5+. The number of ketones is 1. The SMILES string of the molecule is CC[NH+](CC)Cc1c(O)ccc2c1O/C(=C/c1cccc([N+](=O)[O-])c1)C2=O. The number of nitro groups is 1. The average Bonchev–Trinajstić information content (AvgIpc) is 2.97. The lowest BCUT2D eigenvalue weighted by Gasteiger charge is -2.17. The van der Waals surface area contributed by atoms with Gasteiger partial charge in [0.05, 0.1) is 29.1 Å². The van der Waals surface area contributed by atoms with E-state index in [2.05, 4.69) is 13.8 Å². The van der Waals surface area contributed by atoms with E-state index in [9.17, 15) is 20.0 Å². The number of nitro benzene ring substituents is 1. The second-order valence-electron chi connectivity index (χ2n) is 6.37. The Bertz CT molecular complexity index is 932. The van der Waals surface area contributed by atoms with Crippen LogP contribution >= 0.6 is 0 Å². The summed E-state index contributed by atoms with van der Waals surface area (Å²) in [5.74, 6) is 0.257. The summed E-state index contributed by atoms with van der Waals surface area (Å²) in [4.78, 5) is 24.4. The van der Waals surface area contributed by atoms with Gasteiger partial charge in [0.2, 0.25) is 5.78 Å². The molecule has 0 aromatic heterocycles. The predicted molar refractivity (Wildman–Crippen MR) is 99.9 cm³/mol. The van der Waals surface area contributed by atoms with E-state index < -0.39 is 4.92 Å². The van der Waals surface area contributed by atoms with Crippen LogP contribution in [0.2, 0.25) is 0 Å². The molecule has 0 saturated heterocycles. The first-order valence-electron chi connectivity index (χ1n) is 8.81. The van der Waals surface area contributed by atoms with Crippen LogP contribution in [0.4, 0.5) is 5.69 Å². The van der Waals surface area contributed by atoms with E-state index in [1.165, 1.54) is 29.2 Å². The summed E-state index contributed by atoms with van der Waals surface area (Å²) < 4.78 is 5.79. The number of Topliss-reactive ketones (excluding diaryl/α,β-unsaturated/α-hetero) is 1. The van der Waals surface area contributed by atoms with Gasteiger partial charge in [-0.1, -0.05) is 12.1 Å². The zero-order chi connectivity index (χ0) is 19.6. The number of phenolic OH excluding ortho intramolecular Hbond substituents is 1. The van der Waals surface area contributed by atoms with Crippen LogP contribution in [0.1, 0.15) is 35.3 Å². The summed E-state index contributed by atoms with van der Waals surface area (Å²) in [7, 11) is 0. The predicted octanol–water partition coefficient (Wildman–Crippen LogP) is 2.34. The summed E-state index contributed by atoms with van der Waals surface area (Å²) >= 11 is 0. The number of aromatic hydroxyl groups is 1. The fourth-order valence-corrected chi connectivity index (χ4v) is 3.10. The third-order valence-electron chi connectivity index (χ3n) is 4.72. The number of rotatable bonds is 6. The molecule has 0 unspecified atom stereocenters. The molecule has 0 radical (unpaired) electrons. The second kappa shape index (κ2) is 7.59. The summed E-state index contributed by atoms with van der Waals surface area (Å²) in [6.07, 6.45) is 1.49. The van der Waals surface area contributed by atoms with Crippen LogP contribution in [-0.4, -0.2) is 28.9 Å². The quantitative estimate of drug-likeness (QED) is 0.463. The maximum Gasteiger partial charge on any atom is 0.270 e. The lowest BCUT2D eigenvalue weighted by Crippen LogP contribution is -3.10. The van der Waals surface area contributed by atoms with Gasteiger partial charge in [-0.25, -0.2) is 0 Å². The number of fused-ring (bicyclic) bond motifs is 1. The minimum Gasteiger partial charge on any atom is -0.507 e. The first-order chi connectivity index (χ1) is 12.9. The zero-order valence-electron chi connectivity index (χ0n) is 15.2. The number of hydrogen-bond acceptors (Lipinski definition) is 5. The van der Waals surface area contributed by atoms with Gasteiger partial charge in [0.15, 0.2) is 11.5 Å². The van der Waals surface area contributed by atoms with Crippen LogP contribution < -0.4 is 9.64 Å². The number of nitrogens with one attached hydrogen (secondary N) is 1. The van der Waals surface area contributed by atoms with Gasteiger partial charge < -0.3 is 14.7 Å². The Balaban J connectivity index is 1.97. The minimum absolute atomic E-state index is 0.0595. The van der Waals surface area contributed by atoms with Gasteiger partial charge in [-0.3, -0.25) is 14.9 Å². The monoisotopic (exact) mass is 369 g/mol. The molecule has 140 valence electrons. The molecule has 0 aliphatic carbocycles. The van der Waals surface area contributed by atoms with E-state index in [-0.39, 0.29) is 23.0 Å². The molecule has 0 amide bonds. The number of benzene rings is 2. The third-order valence-corrected chi connectivity index (χ3v) is 4.72. The smallest absolute Gasteiger partial charge is 0.270 e. The van der Waals surface area contributed by atoms with Crippen molar-refractivity contribution in [2.75, 3.05) is 13.1 Å². The van der Waals surface area contributed by atoms with Gasteiger partial charge in [0.1, 0.15) is 12.3 Å². The van der Waals surface area contributed by atoms with Gasteiger partial charge in [0.25, 0.3) is 5.69 Å². The van der Waals surface area contributed by atoms with Crippen molar-refractivity contribution in [2.45, 2.75) is 20.4 Å². The number of phenols is 1. The molecule has 27 heavy (non-hydrogen) atoms. The van der Waals surface area contributed by atoms with Crippen molar-refractivity contribution in [2.24, 2.45) is 0 Å². The van der Waals surface area contributed by atoms with Crippen LogP contribution in [-0.2, 0) is 6.54 Å². The number of quaternary nitrogens is 1. The largest absolute Gasteiger partial charge is 0.507 e. The third kappa shape index (κ3) is 3.68. The van der Waals surface area contributed by atoms with Crippen LogP contribution in [0.25, 0.3) is 6.08 Å². The molecule has 7 heteroatoms. The summed E-state index contributed by atoms with van der Waals surface area (Å²) in [6, 6.07) is 9.04. The molecule has 1 aliphatic rings. The van der Waals surface area contributed by atoms with Crippen molar-refractivity contribution < 1.29 is 24.5 Å². The van der Waals surface area contributed by atoms with Crippen LogP contribution in [0, 0.1) is 10.1 Å². The highest BCUT2D eigenvalue weighted by Gasteiger charge is 2.32. The minimum atomic E-state index is -0.489. The van der Waals surface area contributed by atoms with Crippen LogP contribution in [0.15, 0.2) is 42.2 Å². The van der Waals surface area contributed by atoms with Gasteiger partial charge >= 0.3 is 0 Å². The molecular weight excluding hydrogens is 348 g/mol. The lowest BCUT2D eigenvalue weighted by molar-refractivity contribution is -0.910. The number of hydrogen-bond donors (Lipinski definition) is 2. The number of carbonyl (C=O) groups is 1. The number of non-ortho nitro benzene ring substituents is 1. The number of ether oxygens (including phenoxy) is 1. The Kier molecular flexibility index (Phi) is 5.23. The van der Waals surface area contributed by atoms with E-state index in [1.54, 1.807) is 18.2 Å². The molecule has 1 heterocycles. The molecule has 0 atom stereocenters. The van der Waals surface area contributed by atoms with E-state index in [0.717, 1.165) is 13.1 Å². The fourth-order valence-electron chi connectivity index (χ4n) is 3.10. The highest BCUT2D eigenvalue weighted by molar-refractivity contribution is 6.15. The van der Waals surface area contributed by atoms with Crippen molar-refractivity contribution in [1.29, 1.82) is 0 Å². The molecule has 7 nitrogen and oxygen atoms in total. The highest BCUT2D eigenvalue weighted by atomic mass is 16.6. The molecule has 0 fully saturated rings. The van der Waals surface area contributed by atoms with Crippen LogP contribution in [0.3, 0.4) is 0 Å². The molecule has 0 spiro atoms. The van der Waals surface area contributed by atoms with Gasteiger partial charge in [-0.15, -0.1) is 0 Å².